The van der Waals surface area contributed by atoms with E-state index in [0.29, 0.717) is 51.1 Å². The number of Topliss-reactive ketones (excluding diaryl/α,β-unsaturated/α-hetero) is 1. The Morgan fingerprint density at radius 1 is 0.870 bits per heavy atom. The molecule has 77 heavy (non-hydrogen) atoms. The minimum Gasteiger partial charge on any atom is -0.507 e. The Balaban J connectivity index is 1.13. The van der Waals surface area contributed by atoms with Crippen LogP contribution in [-0.4, -0.2) is 140 Å². The largest absolute Gasteiger partial charge is 0.507 e. The number of nitrogens with zero attached hydrogens (tertiary/aromatic N) is 4. The highest BCUT2D eigenvalue weighted by atomic mass is 16.7. The van der Waals surface area contributed by atoms with E-state index in [1.54, 1.807) is 57.7 Å². The van der Waals surface area contributed by atoms with Crippen molar-refractivity contribution in [1.29, 1.82) is 0 Å². The van der Waals surface area contributed by atoms with Gasteiger partial charge >= 0.3 is 11.8 Å². The Labute approximate surface area is 450 Å². The maximum atomic E-state index is 15.0. The van der Waals surface area contributed by atoms with Crippen LogP contribution in [0.2, 0.25) is 0 Å². The number of hydrogen-bond donors (Lipinski definition) is 6. The molecule has 6 aliphatic rings. The average Bonchev–Trinajstić information content (AvgIpc) is 3.97. The molecule has 18 nitrogen and oxygen atoms in total. The van der Waals surface area contributed by atoms with E-state index in [0.717, 1.165) is 12.1 Å². The summed E-state index contributed by atoms with van der Waals surface area (Å²) in [6.45, 7) is 18.4. The number of likely N-dealkylation sites (tertiary alicyclic amines) is 2. The maximum absolute atomic E-state index is 15.0. The first-order valence-corrected chi connectivity index (χ1v) is 27.0. The van der Waals surface area contributed by atoms with Crippen molar-refractivity contribution in [1.82, 2.24) is 9.80 Å². The van der Waals surface area contributed by atoms with E-state index in [1.807, 2.05) is 30.3 Å². The van der Waals surface area contributed by atoms with Gasteiger partial charge in [0.15, 0.2) is 11.4 Å². The van der Waals surface area contributed by atoms with E-state index in [-0.39, 0.29) is 62.7 Å². The summed E-state index contributed by atoms with van der Waals surface area (Å²) in [6, 6.07) is 9.63. The number of benzene rings is 3. The molecule has 0 radical (unpaired) electrons. The highest BCUT2D eigenvalue weighted by molar-refractivity contribution is 6.19. The van der Waals surface area contributed by atoms with E-state index < -0.39 is 107 Å². The van der Waals surface area contributed by atoms with Crippen molar-refractivity contribution in [2.75, 3.05) is 45.2 Å². The molecule has 0 aromatic heterocycles. The first-order chi connectivity index (χ1) is 36.4. The smallest absolute Gasteiger partial charge is 0.315 e. The van der Waals surface area contributed by atoms with Crippen LogP contribution in [0.5, 0.6) is 17.2 Å². The summed E-state index contributed by atoms with van der Waals surface area (Å²) >= 11 is 0. The fourth-order valence-electron chi connectivity index (χ4n) is 11.8. The number of carbonyl (C=O) groups excluding carboxylic acids is 4. The quantitative estimate of drug-likeness (QED) is 0.0898. The van der Waals surface area contributed by atoms with Crippen LogP contribution in [0.4, 0.5) is 5.69 Å². The fraction of sp³-hybridized carbons (Fsp3) is 0.559. The van der Waals surface area contributed by atoms with Crippen LogP contribution in [0.15, 0.2) is 76.5 Å². The molecule has 6 aliphatic heterocycles. The number of allylic oxidation sites excluding steroid dienone is 2. The molecule has 6 heterocycles. The van der Waals surface area contributed by atoms with Crippen molar-refractivity contribution in [2.45, 2.75) is 142 Å². The van der Waals surface area contributed by atoms with E-state index >= 15 is 0 Å². The molecule has 2 amide bonds. The number of ether oxygens (including phenoxy) is 4. The number of rotatable bonds is 8. The van der Waals surface area contributed by atoms with Gasteiger partial charge in [0.05, 0.1) is 46.5 Å². The van der Waals surface area contributed by atoms with Crippen LogP contribution in [0.1, 0.15) is 109 Å². The van der Waals surface area contributed by atoms with Crippen molar-refractivity contribution in [3.63, 3.8) is 0 Å². The molecule has 0 aliphatic carbocycles. The number of carbonyl (C=O) groups is 4. The van der Waals surface area contributed by atoms with Crippen LogP contribution in [0.3, 0.4) is 0 Å². The second-order valence-electron chi connectivity index (χ2n) is 22.8. The molecule has 0 unspecified atom stereocenters. The third kappa shape index (κ3) is 11.5. The third-order valence-electron chi connectivity index (χ3n) is 16.6. The second-order valence-corrected chi connectivity index (χ2v) is 22.8. The van der Waals surface area contributed by atoms with Gasteiger partial charge in [0.2, 0.25) is 5.91 Å². The van der Waals surface area contributed by atoms with Gasteiger partial charge in [-0.1, -0.05) is 90.1 Å². The molecule has 1 spiro atoms. The molecule has 18 heteroatoms. The number of amides is 2. The highest BCUT2D eigenvalue weighted by Gasteiger charge is 2.50. The molecule has 3 aromatic rings. The summed E-state index contributed by atoms with van der Waals surface area (Å²) in [6.07, 6.45) is 4.68. The molecule has 9 atom stereocenters. The Bertz CT molecular complexity index is 2980. The van der Waals surface area contributed by atoms with Crippen LogP contribution >= 0.6 is 0 Å². The number of anilines is 1. The number of methoxy groups -OCH3 is 1. The summed E-state index contributed by atoms with van der Waals surface area (Å²) < 4.78 is 24.7. The number of aliphatic hydroxyl groups excluding tert-OH is 2. The normalized spacial score (nSPS) is 30.2. The Morgan fingerprint density at radius 2 is 1.53 bits per heavy atom. The maximum Gasteiger partial charge on any atom is 0.315 e. The number of hydrogen-bond acceptors (Lipinski definition) is 16. The van der Waals surface area contributed by atoms with Gasteiger partial charge in [-0.15, -0.1) is 0 Å². The van der Waals surface area contributed by atoms with E-state index in [2.05, 4.69) is 24.1 Å². The fourth-order valence-corrected chi connectivity index (χ4v) is 11.8. The van der Waals surface area contributed by atoms with Gasteiger partial charge in [-0.25, -0.2) is 0 Å². The molecule has 2 saturated heterocycles. The van der Waals surface area contributed by atoms with Crippen molar-refractivity contribution in [2.24, 2.45) is 39.6 Å². The van der Waals surface area contributed by atoms with E-state index in [1.165, 1.54) is 33.3 Å². The van der Waals surface area contributed by atoms with Gasteiger partial charge in [0, 0.05) is 106 Å². The molecule has 5 bridgehead atoms. The molecule has 6 N–H and O–H groups in total. The molecule has 0 saturated carbocycles. The topological polar surface area (TPSA) is 250 Å². The number of fused-ring (bicyclic) bond motifs is 13. The molecule has 416 valence electrons. The Kier molecular flexibility index (Phi) is 16.8. The number of phenols is 2. The van der Waals surface area contributed by atoms with Gasteiger partial charge in [0.1, 0.15) is 35.1 Å². The number of phenolic OH excluding ortho intramolecular Hbond substituents is 2. The van der Waals surface area contributed by atoms with E-state index in [9.17, 15) is 44.7 Å². The minimum atomic E-state index is -2.04. The highest BCUT2D eigenvalue weighted by Crippen LogP contribution is 2.50. The SMILES string of the molecule is CO[C@H]1/C=C/O[C@@]2(C)Oc3c(C)c(O)c4c(O)c(c5c(c4c3C2=O)=NC2(CCN(CC(C)C)CC2)N=5)NC(=O)/C(C)=C\C=C\[C@H](C)[C@H](O)[C@@H](C)[C@@H](O)[C@@H](C)[C@H](OC(=O)CC(=O)N2CCC(O)(Cc3ccccc3)CC2)[C@@H]1C. The predicted octanol–water partition coefficient (Wildman–Crippen LogP) is 5.72. The standard InChI is InChI=1S/C59H77N5O13/c1-32(2)31-63-24-22-59(23-25-63)61-46-43-44-51(69)38(8)54-45(43)55(71)57(9,77-54)75-28-19-40(74-10)35(5)53(76-42(66)29-41(65)64-26-20-58(73,21-27-64)30-39-17-12-11-13-18-39)37(7)50(68)36(6)49(67)33(3)15-14-16-34(4)56(72)60-48(52(44)70)47(46)62-59/h11-19,28,32-33,35-37,40,49-50,53,67-70,73H,20-27,29-31H2,1-10H3,(H,60,72)/b15-14+,28-19+,34-16-/t33-,35+,36+,37+,40-,49-,50+,53+,57-/m0/s1. The van der Waals surface area contributed by atoms with Gasteiger partial charge in [-0.3, -0.25) is 29.2 Å². The number of ketones is 1. The van der Waals surface area contributed by atoms with Crippen molar-refractivity contribution >= 4 is 40.0 Å². The zero-order valence-corrected chi connectivity index (χ0v) is 46.0. The van der Waals surface area contributed by atoms with Gasteiger partial charge in [-0.05, 0) is 44.2 Å². The van der Waals surface area contributed by atoms with Crippen LogP contribution in [0, 0.1) is 36.5 Å². The molecule has 9 rings (SSSR count). The van der Waals surface area contributed by atoms with Crippen LogP contribution in [-0.2, 0) is 35.0 Å². The summed E-state index contributed by atoms with van der Waals surface area (Å²) in [5.41, 5.74) is -0.760. The monoisotopic (exact) mass is 1060 g/mol. The summed E-state index contributed by atoms with van der Waals surface area (Å²) in [4.78, 5) is 70.9. The Morgan fingerprint density at radius 3 is 2.18 bits per heavy atom. The van der Waals surface area contributed by atoms with Crippen LogP contribution in [0.25, 0.3) is 10.8 Å². The molecule has 2 fully saturated rings. The first kappa shape index (κ1) is 57.0. The molecule has 3 aromatic carbocycles. The van der Waals surface area contributed by atoms with Crippen molar-refractivity contribution < 1.29 is 63.7 Å². The first-order valence-electron chi connectivity index (χ1n) is 27.0. The van der Waals surface area contributed by atoms with E-state index in [4.69, 9.17) is 28.9 Å². The summed E-state index contributed by atoms with van der Waals surface area (Å²) in [5, 5.41) is 62.5. The second kappa shape index (κ2) is 22.7. The van der Waals surface area contributed by atoms with Gasteiger partial charge in [0.25, 0.3) is 11.7 Å². The van der Waals surface area contributed by atoms with Crippen molar-refractivity contribution in [3.8, 4) is 17.2 Å². The lowest BCUT2D eigenvalue weighted by Crippen LogP contribution is -2.49. The van der Waals surface area contributed by atoms with Gasteiger partial charge in [-0.2, -0.15) is 0 Å². The third-order valence-corrected chi connectivity index (χ3v) is 16.6. The van der Waals surface area contributed by atoms with Crippen molar-refractivity contribution in [3.05, 3.63) is 93.9 Å². The number of aromatic hydroxyl groups is 2. The lowest BCUT2D eigenvalue weighted by molar-refractivity contribution is -0.166. The molecular weight excluding hydrogens is 987 g/mol. The summed E-state index contributed by atoms with van der Waals surface area (Å²) in [5.74, 6) is -8.05. The minimum absolute atomic E-state index is 0.00149. The number of nitrogens with one attached hydrogen (secondary N) is 1. The number of piperidine rings is 2. The van der Waals surface area contributed by atoms with Crippen LogP contribution < -0.4 is 20.8 Å². The summed E-state index contributed by atoms with van der Waals surface area (Å²) in [7, 11) is 1.43. The lowest BCUT2D eigenvalue weighted by Gasteiger charge is -2.39. The zero-order chi connectivity index (χ0) is 55.9. The number of esters is 1. The van der Waals surface area contributed by atoms with Gasteiger partial charge < -0.3 is 59.6 Å². The lowest BCUT2D eigenvalue weighted by atomic mass is 9.78. The average molecular weight is 1060 g/mol. The number of aliphatic hydroxyl groups is 3. The zero-order valence-electron chi connectivity index (χ0n) is 46.0. The Hall–Kier alpha value is -6.18. The predicted molar refractivity (Wildman–Crippen MR) is 288 cm³/mol. The molecular formula is C59H77N5O13.